The lowest BCUT2D eigenvalue weighted by atomic mass is 9.86. The summed E-state index contributed by atoms with van der Waals surface area (Å²) in [6.45, 7) is 9.28. The summed E-state index contributed by atoms with van der Waals surface area (Å²) in [4.78, 5) is 12.6. The van der Waals surface area contributed by atoms with Crippen LogP contribution in [-0.4, -0.2) is 50.1 Å². The van der Waals surface area contributed by atoms with E-state index in [1.54, 1.807) is 0 Å². The fourth-order valence-corrected chi connectivity index (χ4v) is 4.40. The van der Waals surface area contributed by atoms with Gasteiger partial charge in [-0.25, -0.2) is 0 Å². The van der Waals surface area contributed by atoms with Gasteiger partial charge in [0.05, 0.1) is 6.04 Å². The second-order valence-corrected chi connectivity index (χ2v) is 10.7. The first-order valence-electron chi connectivity index (χ1n) is 9.51. The summed E-state index contributed by atoms with van der Waals surface area (Å²) in [6.07, 6.45) is 1.10. The molecule has 2 rings (SSSR count). The van der Waals surface area contributed by atoms with E-state index >= 15 is 0 Å². The van der Waals surface area contributed by atoms with Crippen molar-refractivity contribution in [1.29, 1.82) is 0 Å². The Kier molecular flexibility index (Phi) is 6.71. The van der Waals surface area contributed by atoms with Gasteiger partial charge in [0, 0.05) is 33.1 Å². The molecule has 0 saturated carbocycles. The van der Waals surface area contributed by atoms with Gasteiger partial charge in [0.2, 0.25) is 5.91 Å². The Morgan fingerprint density at radius 2 is 1.67 bits per heavy atom. The first-order chi connectivity index (χ1) is 12.4. The van der Waals surface area contributed by atoms with Gasteiger partial charge in [-0.05, 0) is 36.3 Å². The van der Waals surface area contributed by atoms with E-state index in [-0.39, 0.29) is 23.3 Å². The number of piperidine rings is 1. The van der Waals surface area contributed by atoms with Crippen molar-refractivity contribution in [3.05, 3.63) is 35.4 Å². The van der Waals surface area contributed by atoms with Gasteiger partial charge in [-0.15, -0.1) is 0 Å². The van der Waals surface area contributed by atoms with Crippen molar-refractivity contribution in [2.45, 2.75) is 52.0 Å². The van der Waals surface area contributed by atoms with E-state index in [1.807, 2.05) is 6.92 Å². The molecular weight excluding hydrogens is 362 g/mol. The summed E-state index contributed by atoms with van der Waals surface area (Å²) in [5.74, 6) is -0.140. The van der Waals surface area contributed by atoms with E-state index in [1.165, 1.54) is 28.3 Å². The van der Waals surface area contributed by atoms with Crippen molar-refractivity contribution in [2.75, 3.05) is 27.2 Å². The summed E-state index contributed by atoms with van der Waals surface area (Å²) in [5.41, 5.74) is 2.44. The third-order valence-corrected chi connectivity index (χ3v) is 7.19. The minimum Gasteiger partial charge on any atom is -0.349 e. The number of benzene rings is 1. The smallest absolute Gasteiger partial charge is 0.281 e. The summed E-state index contributed by atoms with van der Waals surface area (Å²) >= 11 is 0. The van der Waals surface area contributed by atoms with Crippen LogP contribution in [0, 0.1) is 5.92 Å². The van der Waals surface area contributed by atoms with Crippen LogP contribution in [0.25, 0.3) is 0 Å². The molecule has 1 saturated heterocycles. The number of rotatable bonds is 5. The number of carbonyl (C=O) groups is 1. The number of carbonyl (C=O) groups excluding carboxylic acids is 1. The Hall–Kier alpha value is -1.44. The minimum absolute atomic E-state index is 0.00398. The number of hydrogen-bond donors (Lipinski definition) is 1. The van der Waals surface area contributed by atoms with Crippen LogP contribution in [0.4, 0.5) is 0 Å². The molecule has 1 aliphatic rings. The molecule has 0 spiro atoms. The minimum atomic E-state index is -3.40. The van der Waals surface area contributed by atoms with Gasteiger partial charge in [0.25, 0.3) is 10.2 Å². The molecule has 1 N–H and O–H groups in total. The molecule has 0 bridgehead atoms. The van der Waals surface area contributed by atoms with Gasteiger partial charge in [0.1, 0.15) is 0 Å². The fraction of sp³-hybridized carbons (Fsp3) is 0.650. The number of nitrogens with zero attached hydrogens (tertiary/aromatic N) is 2. The van der Waals surface area contributed by atoms with E-state index in [0.29, 0.717) is 25.9 Å². The SMILES string of the molecule is C[C@@H](NC(=O)C1CCN(S(=O)(=O)N(C)C)CC1)c1ccc(C(C)(C)C)cc1. The molecule has 1 heterocycles. The summed E-state index contributed by atoms with van der Waals surface area (Å²) in [6, 6.07) is 8.29. The van der Waals surface area contributed by atoms with Crippen LogP contribution < -0.4 is 5.32 Å². The molecule has 27 heavy (non-hydrogen) atoms. The van der Waals surface area contributed by atoms with Gasteiger partial charge in [0.15, 0.2) is 0 Å². The molecule has 0 aromatic heterocycles. The molecule has 0 aliphatic carbocycles. The average Bonchev–Trinajstić information content (AvgIpc) is 2.61. The Balaban J connectivity index is 1.92. The molecular formula is C20H33N3O3S. The molecule has 1 amide bonds. The van der Waals surface area contributed by atoms with E-state index < -0.39 is 10.2 Å². The van der Waals surface area contributed by atoms with E-state index in [0.717, 1.165) is 5.56 Å². The second-order valence-electron chi connectivity index (χ2n) is 8.57. The number of hydrogen-bond acceptors (Lipinski definition) is 3. The van der Waals surface area contributed by atoms with Crippen molar-refractivity contribution in [1.82, 2.24) is 13.9 Å². The zero-order valence-corrected chi connectivity index (χ0v) is 18.1. The molecule has 6 nitrogen and oxygen atoms in total. The fourth-order valence-electron chi connectivity index (χ4n) is 3.27. The van der Waals surface area contributed by atoms with Crippen molar-refractivity contribution in [3.8, 4) is 0 Å². The molecule has 7 heteroatoms. The maximum absolute atomic E-state index is 12.6. The summed E-state index contributed by atoms with van der Waals surface area (Å²) in [7, 11) is -0.339. The molecule has 1 atom stereocenters. The van der Waals surface area contributed by atoms with Gasteiger partial charge in [-0.1, -0.05) is 45.0 Å². The van der Waals surface area contributed by atoms with E-state index in [9.17, 15) is 13.2 Å². The zero-order valence-electron chi connectivity index (χ0n) is 17.3. The van der Waals surface area contributed by atoms with Crippen molar-refractivity contribution in [2.24, 2.45) is 5.92 Å². The van der Waals surface area contributed by atoms with Crippen LogP contribution in [0.3, 0.4) is 0 Å². The lowest BCUT2D eigenvalue weighted by molar-refractivity contribution is -0.126. The highest BCUT2D eigenvalue weighted by atomic mass is 32.2. The van der Waals surface area contributed by atoms with Crippen molar-refractivity contribution >= 4 is 16.1 Å². The maximum atomic E-state index is 12.6. The Bertz CT molecular complexity index is 744. The predicted molar refractivity (Wildman–Crippen MR) is 109 cm³/mol. The largest absolute Gasteiger partial charge is 0.349 e. The van der Waals surface area contributed by atoms with Crippen LogP contribution in [-0.2, 0) is 20.4 Å². The number of nitrogens with one attached hydrogen (secondary N) is 1. The van der Waals surface area contributed by atoms with Crippen LogP contribution in [0.15, 0.2) is 24.3 Å². The molecule has 152 valence electrons. The first kappa shape index (κ1) is 21.9. The highest BCUT2D eigenvalue weighted by Gasteiger charge is 2.32. The van der Waals surface area contributed by atoms with Crippen LogP contribution >= 0.6 is 0 Å². The third-order valence-electron chi connectivity index (χ3n) is 5.25. The van der Waals surface area contributed by atoms with Crippen molar-refractivity contribution in [3.63, 3.8) is 0 Å². The monoisotopic (exact) mass is 395 g/mol. The normalized spacial score (nSPS) is 18.5. The Morgan fingerprint density at radius 3 is 2.11 bits per heavy atom. The molecule has 1 aromatic rings. The summed E-state index contributed by atoms with van der Waals surface area (Å²) < 4.78 is 27.0. The average molecular weight is 396 g/mol. The lowest BCUT2D eigenvalue weighted by Gasteiger charge is -2.32. The molecule has 1 fully saturated rings. The van der Waals surface area contributed by atoms with E-state index in [2.05, 4.69) is 50.4 Å². The van der Waals surface area contributed by atoms with Gasteiger partial charge in [-0.2, -0.15) is 17.0 Å². The highest BCUT2D eigenvalue weighted by Crippen LogP contribution is 2.25. The van der Waals surface area contributed by atoms with Gasteiger partial charge >= 0.3 is 0 Å². The lowest BCUT2D eigenvalue weighted by Crippen LogP contribution is -2.47. The van der Waals surface area contributed by atoms with Gasteiger partial charge < -0.3 is 5.32 Å². The predicted octanol–water partition coefficient (Wildman–Crippen LogP) is 2.68. The van der Waals surface area contributed by atoms with Crippen LogP contribution in [0.5, 0.6) is 0 Å². The first-order valence-corrected chi connectivity index (χ1v) is 10.9. The number of amides is 1. The van der Waals surface area contributed by atoms with Gasteiger partial charge in [-0.3, -0.25) is 4.79 Å². The second kappa shape index (κ2) is 8.29. The van der Waals surface area contributed by atoms with Crippen LogP contribution in [0.2, 0.25) is 0 Å². The van der Waals surface area contributed by atoms with E-state index in [4.69, 9.17) is 0 Å². The maximum Gasteiger partial charge on any atom is 0.281 e. The highest BCUT2D eigenvalue weighted by molar-refractivity contribution is 7.86. The zero-order chi connectivity index (χ0) is 20.4. The Morgan fingerprint density at radius 1 is 1.15 bits per heavy atom. The molecule has 0 unspecified atom stereocenters. The van der Waals surface area contributed by atoms with Crippen LogP contribution in [0.1, 0.15) is 57.7 Å². The molecule has 1 aliphatic heterocycles. The Labute approximate surface area is 164 Å². The third kappa shape index (κ3) is 5.30. The van der Waals surface area contributed by atoms with Crippen molar-refractivity contribution < 1.29 is 13.2 Å². The molecule has 1 aromatic carbocycles. The summed E-state index contributed by atoms with van der Waals surface area (Å²) in [5, 5.41) is 3.08. The standard InChI is InChI=1S/C20H33N3O3S/c1-15(16-7-9-18(10-8-16)20(2,3)4)21-19(24)17-11-13-23(14-12-17)27(25,26)22(5)6/h7-10,15,17H,11-14H2,1-6H3,(H,21,24)/t15-/m1/s1. The topological polar surface area (TPSA) is 69.7 Å². The quantitative estimate of drug-likeness (QED) is 0.833. The molecule has 0 radical (unpaired) electrons.